The molecule has 1 saturated carbocycles. The third-order valence-corrected chi connectivity index (χ3v) is 5.38. The number of halogens is 2. The van der Waals surface area contributed by atoms with Crippen molar-refractivity contribution in [3.8, 4) is 0 Å². The summed E-state index contributed by atoms with van der Waals surface area (Å²) in [5.41, 5.74) is 1.11. The molecule has 21 heavy (non-hydrogen) atoms. The second-order valence-corrected chi connectivity index (χ2v) is 7.88. The van der Waals surface area contributed by atoms with Gasteiger partial charge in [0.15, 0.2) is 0 Å². The Kier molecular flexibility index (Phi) is 8.23. The van der Waals surface area contributed by atoms with Gasteiger partial charge in [0.2, 0.25) is 0 Å². The van der Waals surface area contributed by atoms with E-state index in [4.69, 9.17) is 11.6 Å². The summed E-state index contributed by atoms with van der Waals surface area (Å²) in [7, 11) is 0. The predicted octanol–water partition coefficient (Wildman–Crippen LogP) is 7.03. The number of rotatable bonds is 2. The fourth-order valence-electron chi connectivity index (χ4n) is 3.13. The Morgan fingerprint density at radius 3 is 1.90 bits per heavy atom. The van der Waals surface area contributed by atoms with Crippen LogP contribution in [0.15, 0.2) is 18.2 Å². The molecule has 1 aromatic rings. The smallest absolute Gasteiger partial charge is 0.0648 e. The maximum atomic E-state index is 6.36. The predicted molar refractivity (Wildman–Crippen MR) is 102 cm³/mol. The summed E-state index contributed by atoms with van der Waals surface area (Å²) < 4.78 is 1.20. The maximum absolute atomic E-state index is 6.36. The first-order valence-corrected chi connectivity index (χ1v) is 9.93. The fraction of sp³-hybridized carbons (Fsp3) is 0.667. The molecule has 0 bridgehead atoms. The van der Waals surface area contributed by atoms with E-state index < -0.39 is 0 Å². The summed E-state index contributed by atoms with van der Waals surface area (Å²) in [6, 6.07) is 6.88. The van der Waals surface area contributed by atoms with Crippen LogP contribution in [0.5, 0.6) is 0 Å². The molecule has 0 radical (unpaired) electrons. The standard InChI is InChI=1S/C18H27ClIN/c19-17-14-15(20)12-13-18(17)21-16-10-8-6-4-2-1-3-5-7-9-11-16/h12-14,16,21H,1-11H2. The van der Waals surface area contributed by atoms with E-state index in [-0.39, 0.29) is 0 Å². The van der Waals surface area contributed by atoms with Crippen molar-refractivity contribution in [3.05, 3.63) is 26.8 Å². The minimum absolute atomic E-state index is 0.585. The van der Waals surface area contributed by atoms with Gasteiger partial charge in [-0.2, -0.15) is 0 Å². The Labute approximate surface area is 148 Å². The van der Waals surface area contributed by atoms with E-state index in [2.05, 4.69) is 40.0 Å². The topological polar surface area (TPSA) is 12.0 Å². The van der Waals surface area contributed by atoms with Gasteiger partial charge in [-0.1, -0.05) is 69.4 Å². The molecule has 0 amide bonds. The van der Waals surface area contributed by atoms with Crippen LogP contribution >= 0.6 is 34.2 Å². The Balaban J connectivity index is 1.90. The van der Waals surface area contributed by atoms with E-state index in [1.54, 1.807) is 0 Å². The number of benzene rings is 1. The molecule has 1 aliphatic rings. The summed E-state index contributed by atoms with van der Waals surface area (Å²) in [5.74, 6) is 0. The molecule has 0 unspecified atom stereocenters. The van der Waals surface area contributed by atoms with Gasteiger partial charge in [-0.25, -0.2) is 0 Å². The van der Waals surface area contributed by atoms with Crippen molar-refractivity contribution in [3.63, 3.8) is 0 Å². The Morgan fingerprint density at radius 1 is 0.857 bits per heavy atom. The molecular weight excluding hydrogens is 393 g/mol. The van der Waals surface area contributed by atoms with E-state index in [1.807, 2.05) is 6.07 Å². The number of nitrogens with one attached hydrogen (secondary N) is 1. The molecule has 1 N–H and O–H groups in total. The van der Waals surface area contributed by atoms with Gasteiger partial charge < -0.3 is 5.32 Å². The van der Waals surface area contributed by atoms with Gasteiger partial charge in [-0.3, -0.25) is 0 Å². The van der Waals surface area contributed by atoms with E-state index in [0.717, 1.165) is 10.7 Å². The molecule has 0 aromatic heterocycles. The van der Waals surface area contributed by atoms with Gasteiger partial charge in [-0.15, -0.1) is 0 Å². The van der Waals surface area contributed by atoms with Crippen LogP contribution in [0, 0.1) is 3.57 Å². The number of anilines is 1. The first-order valence-electron chi connectivity index (χ1n) is 8.47. The van der Waals surface area contributed by atoms with E-state index >= 15 is 0 Å². The third kappa shape index (κ3) is 6.77. The van der Waals surface area contributed by atoms with E-state index in [0.29, 0.717) is 6.04 Å². The minimum Gasteiger partial charge on any atom is -0.381 e. The highest BCUT2D eigenvalue weighted by Gasteiger charge is 2.11. The van der Waals surface area contributed by atoms with Crippen LogP contribution in [0.4, 0.5) is 5.69 Å². The second-order valence-electron chi connectivity index (χ2n) is 6.22. The van der Waals surface area contributed by atoms with Crippen molar-refractivity contribution in [1.29, 1.82) is 0 Å². The van der Waals surface area contributed by atoms with Crippen LogP contribution in [0.25, 0.3) is 0 Å². The van der Waals surface area contributed by atoms with Crippen molar-refractivity contribution in [2.24, 2.45) is 0 Å². The first kappa shape index (κ1) is 17.4. The fourth-order valence-corrected chi connectivity index (χ4v) is 4.04. The largest absolute Gasteiger partial charge is 0.381 e. The van der Waals surface area contributed by atoms with Crippen molar-refractivity contribution in [2.75, 3.05) is 5.32 Å². The summed E-state index contributed by atoms with van der Waals surface area (Å²) in [6.45, 7) is 0. The summed E-state index contributed by atoms with van der Waals surface area (Å²) >= 11 is 8.67. The highest BCUT2D eigenvalue weighted by atomic mass is 127. The summed E-state index contributed by atoms with van der Waals surface area (Å²) in [6.07, 6.45) is 15.2. The molecule has 1 aromatic carbocycles. The average Bonchev–Trinajstić information content (AvgIpc) is 2.44. The zero-order valence-electron chi connectivity index (χ0n) is 12.8. The minimum atomic E-state index is 0.585. The van der Waals surface area contributed by atoms with E-state index in [9.17, 15) is 0 Å². The molecule has 118 valence electrons. The molecule has 1 fully saturated rings. The molecule has 0 spiro atoms. The molecular formula is C18H27ClIN. The van der Waals surface area contributed by atoms with Crippen LogP contribution < -0.4 is 5.32 Å². The lowest BCUT2D eigenvalue weighted by atomic mass is 9.98. The van der Waals surface area contributed by atoms with Crippen molar-refractivity contribution >= 4 is 39.9 Å². The van der Waals surface area contributed by atoms with Gasteiger partial charge in [-0.05, 0) is 53.6 Å². The Bertz CT molecular complexity index is 410. The highest BCUT2D eigenvalue weighted by molar-refractivity contribution is 14.1. The van der Waals surface area contributed by atoms with E-state index in [1.165, 1.54) is 74.2 Å². The van der Waals surface area contributed by atoms with Gasteiger partial charge in [0, 0.05) is 9.61 Å². The quantitative estimate of drug-likeness (QED) is 0.507. The molecule has 0 aliphatic heterocycles. The SMILES string of the molecule is Clc1cc(I)ccc1NC1CCCCCCCCCCC1. The maximum Gasteiger partial charge on any atom is 0.0648 e. The monoisotopic (exact) mass is 419 g/mol. The molecule has 0 saturated heterocycles. The lowest BCUT2D eigenvalue weighted by molar-refractivity contribution is 0.480. The molecule has 0 heterocycles. The molecule has 3 heteroatoms. The Hall–Kier alpha value is 0.0400. The van der Waals surface area contributed by atoms with Gasteiger partial charge in [0.1, 0.15) is 0 Å². The summed E-state index contributed by atoms with van der Waals surface area (Å²) in [5, 5.41) is 4.55. The summed E-state index contributed by atoms with van der Waals surface area (Å²) in [4.78, 5) is 0. The zero-order chi connectivity index (χ0) is 14.9. The zero-order valence-corrected chi connectivity index (χ0v) is 15.8. The van der Waals surface area contributed by atoms with Gasteiger partial charge in [0.05, 0.1) is 10.7 Å². The lowest BCUT2D eigenvalue weighted by Crippen LogP contribution is -2.20. The number of hydrogen-bond donors (Lipinski definition) is 1. The van der Waals surface area contributed by atoms with Crippen LogP contribution in [0.2, 0.25) is 5.02 Å². The average molecular weight is 420 g/mol. The molecule has 0 atom stereocenters. The highest BCUT2D eigenvalue weighted by Crippen LogP contribution is 2.27. The Morgan fingerprint density at radius 2 is 1.38 bits per heavy atom. The van der Waals surface area contributed by atoms with Crippen LogP contribution in [0.1, 0.15) is 70.6 Å². The van der Waals surface area contributed by atoms with Gasteiger partial charge in [0.25, 0.3) is 0 Å². The molecule has 1 nitrogen and oxygen atoms in total. The lowest BCUT2D eigenvalue weighted by Gasteiger charge is -2.21. The number of hydrogen-bond acceptors (Lipinski definition) is 1. The van der Waals surface area contributed by atoms with Crippen molar-refractivity contribution in [2.45, 2.75) is 76.7 Å². The van der Waals surface area contributed by atoms with Crippen LogP contribution in [-0.2, 0) is 0 Å². The molecule has 1 aliphatic carbocycles. The van der Waals surface area contributed by atoms with Crippen molar-refractivity contribution < 1.29 is 0 Å². The van der Waals surface area contributed by atoms with Gasteiger partial charge >= 0.3 is 0 Å². The second kappa shape index (κ2) is 9.94. The van der Waals surface area contributed by atoms with Crippen LogP contribution in [0.3, 0.4) is 0 Å². The normalized spacial score (nSPS) is 19.5. The molecule has 2 rings (SSSR count). The first-order chi connectivity index (χ1) is 10.3. The van der Waals surface area contributed by atoms with Crippen LogP contribution in [-0.4, -0.2) is 6.04 Å². The van der Waals surface area contributed by atoms with Crippen molar-refractivity contribution in [1.82, 2.24) is 0 Å². The third-order valence-electron chi connectivity index (χ3n) is 4.40.